The van der Waals surface area contributed by atoms with E-state index in [4.69, 9.17) is 5.11 Å². The molecule has 13 heavy (non-hydrogen) atoms. The number of aromatic nitrogens is 3. The van der Waals surface area contributed by atoms with Crippen molar-refractivity contribution in [1.82, 2.24) is 15.0 Å². The summed E-state index contributed by atoms with van der Waals surface area (Å²) in [5, 5.41) is 8.54. The minimum atomic E-state index is -1.20. The number of carboxylic acid groups (broad SMARTS) is 1. The van der Waals surface area contributed by atoms with Gasteiger partial charge in [0, 0.05) is 6.07 Å². The second-order valence-corrected chi connectivity index (χ2v) is 2.42. The molecule has 0 amide bonds. The van der Waals surface area contributed by atoms with Gasteiger partial charge in [-0.15, -0.1) is 0 Å². The minimum absolute atomic E-state index is 0.193. The maximum Gasteiger partial charge on any atom is 0.371 e. The number of imidazole rings is 1. The summed E-state index contributed by atoms with van der Waals surface area (Å²) in [6.45, 7) is 0. The zero-order chi connectivity index (χ0) is 9.42. The van der Waals surface area contributed by atoms with Gasteiger partial charge in [0.1, 0.15) is 5.82 Å². The van der Waals surface area contributed by atoms with Gasteiger partial charge in [0.25, 0.3) is 0 Å². The number of rotatable bonds is 1. The first kappa shape index (κ1) is 7.66. The second kappa shape index (κ2) is 2.51. The molecule has 0 spiro atoms. The molecule has 0 saturated carbocycles. The normalized spacial score (nSPS) is 10.5. The van der Waals surface area contributed by atoms with E-state index in [0.29, 0.717) is 0 Å². The van der Waals surface area contributed by atoms with Gasteiger partial charge in [-0.2, -0.15) is 0 Å². The number of hydrogen-bond donors (Lipinski definition) is 2. The Morgan fingerprint density at radius 2 is 2.38 bits per heavy atom. The van der Waals surface area contributed by atoms with Gasteiger partial charge in [0.05, 0.1) is 11.7 Å². The molecule has 6 heteroatoms. The highest BCUT2D eigenvalue weighted by molar-refractivity contribution is 5.87. The standard InChI is InChI=1S/C7H4FN3O2/c8-3-1-4-5(9-2-3)11-6(10-4)7(12)13/h1-2H,(H,12,13)(H,9,10,11). The second-order valence-electron chi connectivity index (χ2n) is 2.42. The highest BCUT2D eigenvalue weighted by Crippen LogP contribution is 2.09. The van der Waals surface area contributed by atoms with Crippen LogP contribution in [-0.4, -0.2) is 26.0 Å². The summed E-state index contributed by atoms with van der Waals surface area (Å²) in [6, 6.07) is 1.14. The number of hydrogen-bond acceptors (Lipinski definition) is 3. The molecule has 66 valence electrons. The van der Waals surface area contributed by atoms with E-state index in [0.717, 1.165) is 12.3 Å². The van der Waals surface area contributed by atoms with Gasteiger partial charge >= 0.3 is 5.97 Å². The summed E-state index contributed by atoms with van der Waals surface area (Å²) in [5.41, 5.74) is 0.469. The first-order valence-electron chi connectivity index (χ1n) is 3.41. The Morgan fingerprint density at radius 3 is 3.08 bits per heavy atom. The highest BCUT2D eigenvalue weighted by Gasteiger charge is 2.10. The third-order valence-corrected chi connectivity index (χ3v) is 1.51. The quantitative estimate of drug-likeness (QED) is 0.681. The summed E-state index contributed by atoms with van der Waals surface area (Å²) in [4.78, 5) is 20.1. The summed E-state index contributed by atoms with van der Waals surface area (Å²) in [7, 11) is 0. The Bertz CT molecular complexity index is 480. The largest absolute Gasteiger partial charge is 0.475 e. The van der Waals surface area contributed by atoms with Crippen LogP contribution in [0.3, 0.4) is 0 Å². The minimum Gasteiger partial charge on any atom is -0.475 e. The van der Waals surface area contributed by atoms with E-state index in [1.807, 2.05) is 0 Å². The average Bonchev–Trinajstić information content (AvgIpc) is 2.46. The molecule has 2 aromatic heterocycles. The molecule has 0 aliphatic rings. The number of carbonyl (C=O) groups is 1. The third-order valence-electron chi connectivity index (χ3n) is 1.51. The van der Waals surface area contributed by atoms with E-state index < -0.39 is 11.8 Å². The molecule has 0 fully saturated rings. The Balaban J connectivity index is 2.68. The maximum absolute atomic E-state index is 12.6. The number of pyridine rings is 1. The fraction of sp³-hybridized carbons (Fsp3) is 0. The van der Waals surface area contributed by atoms with Crippen molar-refractivity contribution in [3.05, 3.63) is 23.9 Å². The van der Waals surface area contributed by atoms with E-state index in [1.165, 1.54) is 0 Å². The number of nitrogens with zero attached hydrogens (tertiary/aromatic N) is 2. The molecule has 2 N–H and O–H groups in total. The average molecular weight is 181 g/mol. The molecular weight excluding hydrogens is 177 g/mol. The van der Waals surface area contributed by atoms with Gasteiger partial charge < -0.3 is 10.1 Å². The van der Waals surface area contributed by atoms with Gasteiger partial charge in [-0.05, 0) is 0 Å². The van der Waals surface area contributed by atoms with Crippen LogP contribution in [0, 0.1) is 5.82 Å². The third kappa shape index (κ3) is 1.22. The number of aromatic carboxylic acids is 1. The lowest BCUT2D eigenvalue weighted by atomic mass is 10.4. The molecule has 5 nitrogen and oxygen atoms in total. The number of carboxylic acids is 1. The zero-order valence-corrected chi connectivity index (χ0v) is 6.28. The Kier molecular flexibility index (Phi) is 1.48. The van der Waals surface area contributed by atoms with Gasteiger partial charge in [0.2, 0.25) is 5.82 Å². The smallest absolute Gasteiger partial charge is 0.371 e. The van der Waals surface area contributed by atoms with Crippen molar-refractivity contribution in [2.45, 2.75) is 0 Å². The van der Waals surface area contributed by atoms with Crippen molar-refractivity contribution in [2.75, 3.05) is 0 Å². The van der Waals surface area contributed by atoms with Crippen LogP contribution in [0.25, 0.3) is 11.2 Å². The SMILES string of the molecule is O=C(O)c1nc2ncc(F)cc2[nH]1. The molecule has 2 rings (SSSR count). The van der Waals surface area contributed by atoms with Crippen molar-refractivity contribution in [3.63, 3.8) is 0 Å². The van der Waals surface area contributed by atoms with Gasteiger partial charge in [0.15, 0.2) is 5.65 Å². The summed E-state index contributed by atoms with van der Waals surface area (Å²) >= 11 is 0. The Hall–Kier alpha value is -1.98. The number of H-pyrrole nitrogens is 1. The predicted molar refractivity (Wildman–Crippen MR) is 40.8 cm³/mol. The molecule has 0 atom stereocenters. The molecular formula is C7H4FN3O2. The van der Waals surface area contributed by atoms with Crippen LogP contribution in [0.15, 0.2) is 12.3 Å². The van der Waals surface area contributed by atoms with Gasteiger partial charge in [-0.1, -0.05) is 0 Å². The molecule has 0 bridgehead atoms. The summed E-state index contributed by atoms with van der Waals surface area (Å²) in [5.74, 6) is -1.97. The van der Waals surface area contributed by atoms with Gasteiger partial charge in [-0.25, -0.2) is 19.2 Å². The number of nitrogens with one attached hydrogen (secondary N) is 1. The summed E-state index contributed by atoms with van der Waals surface area (Å²) < 4.78 is 12.6. The van der Waals surface area contributed by atoms with Crippen LogP contribution in [0.4, 0.5) is 4.39 Å². The first-order valence-corrected chi connectivity index (χ1v) is 3.41. The van der Waals surface area contributed by atoms with E-state index in [1.54, 1.807) is 0 Å². The number of halogens is 1. The number of fused-ring (bicyclic) bond motifs is 1. The van der Waals surface area contributed by atoms with E-state index in [2.05, 4.69) is 15.0 Å². The lowest BCUT2D eigenvalue weighted by Gasteiger charge is -1.85. The van der Waals surface area contributed by atoms with Gasteiger partial charge in [-0.3, -0.25) is 0 Å². The molecule has 0 saturated heterocycles. The molecule has 0 aromatic carbocycles. The first-order chi connectivity index (χ1) is 6.16. The molecule has 0 radical (unpaired) electrons. The zero-order valence-electron chi connectivity index (χ0n) is 6.28. The van der Waals surface area contributed by atoms with Crippen molar-refractivity contribution in [2.24, 2.45) is 0 Å². The maximum atomic E-state index is 12.6. The van der Waals surface area contributed by atoms with E-state index >= 15 is 0 Å². The fourth-order valence-electron chi connectivity index (χ4n) is 0.976. The molecule has 2 heterocycles. The van der Waals surface area contributed by atoms with Crippen molar-refractivity contribution < 1.29 is 14.3 Å². The molecule has 0 aliphatic carbocycles. The predicted octanol–water partition coefficient (Wildman–Crippen LogP) is 0.795. The van der Waals surface area contributed by atoms with E-state index in [9.17, 15) is 9.18 Å². The van der Waals surface area contributed by atoms with Crippen LogP contribution < -0.4 is 0 Å². The highest BCUT2D eigenvalue weighted by atomic mass is 19.1. The van der Waals surface area contributed by atoms with Crippen molar-refractivity contribution in [1.29, 1.82) is 0 Å². The van der Waals surface area contributed by atoms with Crippen LogP contribution in [0.2, 0.25) is 0 Å². The van der Waals surface area contributed by atoms with Crippen LogP contribution in [-0.2, 0) is 0 Å². The lowest BCUT2D eigenvalue weighted by Crippen LogP contribution is -1.97. The topological polar surface area (TPSA) is 78.9 Å². The molecule has 0 unspecified atom stereocenters. The van der Waals surface area contributed by atoms with Crippen molar-refractivity contribution in [3.8, 4) is 0 Å². The van der Waals surface area contributed by atoms with Crippen LogP contribution in [0.5, 0.6) is 0 Å². The van der Waals surface area contributed by atoms with Crippen LogP contribution >= 0.6 is 0 Å². The van der Waals surface area contributed by atoms with Crippen LogP contribution in [0.1, 0.15) is 10.6 Å². The van der Waals surface area contributed by atoms with E-state index in [-0.39, 0.29) is 17.0 Å². The summed E-state index contributed by atoms with van der Waals surface area (Å²) in [6.07, 6.45) is 0.981. The van der Waals surface area contributed by atoms with Crippen molar-refractivity contribution >= 4 is 17.1 Å². The molecule has 2 aromatic rings. The number of aromatic amines is 1. The Morgan fingerprint density at radius 1 is 1.62 bits per heavy atom. The fourth-order valence-corrected chi connectivity index (χ4v) is 0.976. The monoisotopic (exact) mass is 181 g/mol. The Labute approximate surface area is 71.2 Å². The lowest BCUT2D eigenvalue weighted by molar-refractivity contribution is 0.0685. The molecule has 0 aliphatic heterocycles.